The molecule has 1 aromatic heterocycles. The lowest BCUT2D eigenvalue weighted by atomic mass is 10.1. The number of amides is 1. The van der Waals surface area contributed by atoms with Gasteiger partial charge in [0, 0.05) is 18.3 Å². The van der Waals surface area contributed by atoms with E-state index in [1.807, 2.05) is 0 Å². The molecule has 0 spiro atoms. The van der Waals surface area contributed by atoms with Crippen molar-refractivity contribution in [3.8, 4) is 0 Å². The van der Waals surface area contributed by atoms with E-state index >= 15 is 0 Å². The number of pyridine rings is 1. The molecule has 0 saturated carbocycles. The smallest absolute Gasteiger partial charge is 0.471 e. The number of hydrogen-bond acceptors (Lipinski definition) is 3. The highest BCUT2D eigenvalue weighted by Gasteiger charge is 2.40. The summed E-state index contributed by atoms with van der Waals surface area (Å²) in [6.45, 7) is 0. The van der Waals surface area contributed by atoms with Crippen LogP contribution >= 0.6 is 0 Å². The average Bonchev–Trinajstić information content (AvgIpc) is 2.28. The first-order chi connectivity index (χ1) is 8.30. The number of nitrogens with one attached hydrogen (secondary N) is 1. The Bertz CT molecular complexity index is 434. The lowest BCUT2D eigenvalue weighted by Gasteiger charge is -2.15. The molecule has 0 aliphatic carbocycles. The zero-order valence-electron chi connectivity index (χ0n) is 8.94. The van der Waals surface area contributed by atoms with E-state index in [9.17, 15) is 22.8 Å². The van der Waals surface area contributed by atoms with Crippen molar-refractivity contribution in [1.29, 1.82) is 0 Å². The van der Waals surface area contributed by atoms with Crippen molar-refractivity contribution >= 4 is 11.9 Å². The second-order valence-electron chi connectivity index (χ2n) is 3.39. The minimum atomic E-state index is -5.11. The molecule has 18 heavy (non-hydrogen) atoms. The molecule has 0 bridgehead atoms. The highest BCUT2D eigenvalue weighted by Crippen LogP contribution is 2.15. The van der Waals surface area contributed by atoms with Crippen LogP contribution in [0.5, 0.6) is 0 Å². The molecule has 1 atom stereocenters. The van der Waals surface area contributed by atoms with Gasteiger partial charge in [-0.2, -0.15) is 13.2 Å². The number of halogens is 3. The fraction of sp³-hybridized carbons (Fsp3) is 0.300. The number of alkyl halides is 3. The third-order valence-corrected chi connectivity index (χ3v) is 2.00. The lowest BCUT2D eigenvalue weighted by Crippen LogP contribution is -2.48. The maximum absolute atomic E-state index is 12.0. The first-order valence-electron chi connectivity index (χ1n) is 4.81. The van der Waals surface area contributed by atoms with Crippen molar-refractivity contribution in [1.82, 2.24) is 10.3 Å². The van der Waals surface area contributed by atoms with E-state index in [1.54, 1.807) is 12.1 Å². The van der Waals surface area contributed by atoms with Gasteiger partial charge < -0.3 is 10.4 Å². The number of carboxylic acids is 1. The quantitative estimate of drug-likeness (QED) is 0.839. The SMILES string of the molecule is O=C(O)C(Cc1ccccn1)NC(=O)C(F)(F)F. The van der Waals surface area contributed by atoms with Crippen LogP contribution in [0.2, 0.25) is 0 Å². The summed E-state index contributed by atoms with van der Waals surface area (Å²) in [5.74, 6) is -3.84. The normalized spacial score (nSPS) is 12.8. The molecule has 1 amide bonds. The number of carboxylic acid groups (broad SMARTS) is 1. The predicted octanol–water partition coefficient (Wildman–Crippen LogP) is 0.756. The summed E-state index contributed by atoms with van der Waals surface area (Å²) in [7, 11) is 0. The Labute approximate surface area is 99.6 Å². The Balaban J connectivity index is 2.73. The first-order valence-corrected chi connectivity index (χ1v) is 4.81. The standard InChI is InChI=1S/C10H9F3N2O3/c11-10(12,13)9(18)15-7(8(16)17)5-6-3-1-2-4-14-6/h1-4,7H,5H2,(H,15,18)(H,16,17). The lowest BCUT2D eigenvalue weighted by molar-refractivity contribution is -0.175. The monoisotopic (exact) mass is 262 g/mol. The van der Waals surface area contributed by atoms with Crippen LogP contribution in [0.25, 0.3) is 0 Å². The molecule has 1 aromatic rings. The van der Waals surface area contributed by atoms with Crippen molar-refractivity contribution < 1.29 is 27.9 Å². The molecule has 1 rings (SSSR count). The molecule has 0 fully saturated rings. The molecule has 5 nitrogen and oxygen atoms in total. The third kappa shape index (κ3) is 4.04. The number of hydrogen-bond donors (Lipinski definition) is 2. The highest BCUT2D eigenvalue weighted by molar-refractivity contribution is 5.87. The summed E-state index contributed by atoms with van der Waals surface area (Å²) in [5.41, 5.74) is 0.271. The largest absolute Gasteiger partial charge is 0.480 e. The van der Waals surface area contributed by atoms with Gasteiger partial charge in [0.1, 0.15) is 6.04 Å². The van der Waals surface area contributed by atoms with E-state index in [0.29, 0.717) is 0 Å². The molecule has 0 aromatic carbocycles. The van der Waals surface area contributed by atoms with E-state index < -0.39 is 24.1 Å². The number of aromatic nitrogens is 1. The van der Waals surface area contributed by atoms with Crippen LogP contribution in [0.4, 0.5) is 13.2 Å². The van der Waals surface area contributed by atoms with Crippen LogP contribution in [0.15, 0.2) is 24.4 Å². The van der Waals surface area contributed by atoms with Crippen LogP contribution < -0.4 is 5.32 Å². The fourth-order valence-corrected chi connectivity index (χ4v) is 1.17. The second-order valence-corrected chi connectivity index (χ2v) is 3.39. The molecule has 98 valence electrons. The number of rotatable bonds is 4. The summed E-state index contributed by atoms with van der Waals surface area (Å²) < 4.78 is 36.0. The van der Waals surface area contributed by atoms with Gasteiger partial charge in [-0.3, -0.25) is 9.78 Å². The molecular formula is C10H9F3N2O3. The molecule has 0 radical (unpaired) electrons. The van der Waals surface area contributed by atoms with Gasteiger partial charge in [-0.05, 0) is 12.1 Å². The Kier molecular flexibility index (Phi) is 4.24. The Morgan fingerprint density at radius 2 is 2.06 bits per heavy atom. The first kappa shape index (κ1) is 13.9. The maximum Gasteiger partial charge on any atom is 0.471 e. The number of carbonyl (C=O) groups is 2. The van der Waals surface area contributed by atoms with E-state index in [2.05, 4.69) is 4.98 Å². The molecule has 2 N–H and O–H groups in total. The molecule has 0 aliphatic heterocycles. The van der Waals surface area contributed by atoms with E-state index in [0.717, 1.165) is 0 Å². The van der Waals surface area contributed by atoms with Crippen molar-refractivity contribution in [3.05, 3.63) is 30.1 Å². The molecular weight excluding hydrogens is 253 g/mol. The summed E-state index contributed by atoms with van der Waals surface area (Å²) in [6.07, 6.45) is -4.06. The maximum atomic E-state index is 12.0. The van der Waals surface area contributed by atoms with Gasteiger partial charge in [-0.25, -0.2) is 4.79 Å². The zero-order chi connectivity index (χ0) is 13.8. The summed E-state index contributed by atoms with van der Waals surface area (Å²) in [4.78, 5) is 25.2. The third-order valence-electron chi connectivity index (χ3n) is 2.00. The molecule has 0 aliphatic rings. The molecule has 0 saturated heterocycles. The topological polar surface area (TPSA) is 79.3 Å². The van der Waals surface area contributed by atoms with Crippen molar-refractivity contribution in [2.75, 3.05) is 0 Å². The Hall–Kier alpha value is -2.12. The second kappa shape index (κ2) is 5.48. The Morgan fingerprint density at radius 1 is 1.39 bits per heavy atom. The summed E-state index contributed by atoms with van der Waals surface area (Å²) >= 11 is 0. The Morgan fingerprint density at radius 3 is 2.50 bits per heavy atom. The van der Waals surface area contributed by atoms with Crippen LogP contribution in [-0.2, 0) is 16.0 Å². The molecule has 1 unspecified atom stereocenters. The van der Waals surface area contributed by atoms with E-state index in [1.165, 1.54) is 17.6 Å². The molecule has 8 heteroatoms. The van der Waals surface area contributed by atoms with Gasteiger partial charge in [-0.15, -0.1) is 0 Å². The van der Waals surface area contributed by atoms with E-state index in [4.69, 9.17) is 5.11 Å². The number of nitrogens with zero attached hydrogens (tertiary/aromatic N) is 1. The van der Waals surface area contributed by atoms with E-state index in [-0.39, 0.29) is 12.1 Å². The number of aliphatic carboxylic acids is 1. The van der Waals surface area contributed by atoms with Crippen LogP contribution in [0.1, 0.15) is 5.69 Å². The highest BCUT2D eigenvalue weighted by atomic mass is 19.4. The van der Waals surface area contributed by atoms with Gasteiger partial charge in [-0.1, -0.05) is 6.07 Å². The summed E-state index contributed by atoms with van der Waals surface area (Å²) in [6, 6.07) is 2.92. The van der Waals surface area contributed by atoms with Crippen LogP contribution in [-0.4, -0.2) is 34.2 Å². The van der Waals surface area contributed by atoms with Gasteiger partial charge in [0.2, 0.25) is 0 Å². The minimum absolute atomic E-state index is 0.271. The van der Waals surface area contributed by atoms with Gasteiger partial charge in [0.15, 0.2) is 0 Å². The van der Waals surface area contributed by atoms with Gasteiger partial charge in [0.25, 0.3) is 0 Å². The van der Waals surface area contributed by atoms with Gasteiger partial charge in [0.05, 0.1) is 0 Å². The predicted molar refractivity (Wildman–Crippen MR) is 53.6 cm³/mol. The van der Waals surface area contributed by atoms with Gasteiger partial charge >= 0.3 is 18.1 Å². The average molecular weight is 262 g/mol. The van der Waals surface area contributed by atoms with Crippen LogP contribution in [0, 0.1) is 0 Å². The summed E-state index contributed by atoms with van der Waals surface area (Å²) in [5, 5.41) is 10.1. The van der Waals surface area contributed by atoms with Crippen LogP contribution in [0.3, 0.4) is 0 Å². The van der Waals surface area contributed by atoms with Crippen molar-refractivity contribution in [3.63, 3.8) is 0 Å². The minimum Gasteiger partial charge on any atom is -0.480 e. The molecule has 1 heterocycles. The van der Waals surface area contributed by atoms with Crippen molar-refractivity contribution in [2.24, 2.45) is 0 Å². The van der Waals surface area contributed by atoms with Crippen molar-refractivity contribution in [2.45, 2.75) is 18.6 Å². The number of carbonyl (C=O) groups excluding carboxylic acids is 1. The fourth-order valence-electron chi connectivity index (χ4n) is 1.17. The zero-order valence-corrected chi connectivity index (χ0v) is 8.94.